The Kier molecular flexibility index (Phi) is 10.4. The molecule has 0 aliphatic carbocycles. The standard InChI is InChI=1S/C30H41N3O6/c1-6-21(28(36)38-7-2)19-31-26(34)25-9-8-16-33(20-25)27(35)24-12-10-22(11-13-24)23-14-17-32(18-15-23)29(37)39-30(3,4)5/h1,10-13,21,23,25H,7-9,14-20H2,2-5H3,(H,31,34)/t21-,25+/m0/s1. The van der Waals surface area contributed by atoms with Crippen LogP contribution in [0.4, 0.5) is 4.79 Å². The highest BCUT2D eigenvalue weighted by atomic mass is 16.6. The third-order valence-corrected chi connectivity index (χ3v) is 7.11. The third-order valence-electron chi connectivity index (χ3n) is 7.11. The minimum Gasteiger partial charge on any atom is -0.465 e. The van der Waals surface area contributed by atoms with Crippen LogP contribution in [0.1, 0.15) is 75.2 Å². The summed E-state index contributed by atoms with van der Waals surface area (Å²) in [6, 6.07) is 7.67. The van der Waals surface area contributed by atoms with E-state index in [2.05, 4.69) is 11.2 Å². The summed E-state index contributed by atoms with van der Waals surface area (Å²) < 4.78 is 10.4. The van der Waals surface area contributed by atoms with E-state index in [1.165, 1.54) is 0 Å². The van der Waals surface area contributed by atoms with Crippen LogP contribution >= 0.6 is 0 Å². The number of terminal acetylenes is 1. The molecule has 2 saturated heterocycles. The monoisotopic (exact) mass is 539 g/mol. The number of hydrogen-bond acceptors (Lipinski definition) is 6. The maximum absolute atomic E-state index is 13.2. The highest BCUT2D eigenvalue weighted by molar-refractivity contribution is 5.94. The fourth-order valence-electron chi connectivity index (χ4n) is 4.98. The van der Waals surface area contributed by atoms with Crippen molar-refractivity contribution in [2.45, 2.75) is 64.9 Å². The van der Waals surface area contributed by atoms with E-state index in [1.54, 1.807) is 16.7 Å². The second-order valence-corrected chi connectivity index (χ2v) is 11.2. The molecule has 2 heterocycles. The molecule has 0 aromatic heterocycles. The highest BCUT2D eigenvalue weighted by Crippen LogP contribution is 2.29. The average Bonchev–Trinajstić information content (AvgIpc) is 2.92. The van der Waals surface area contributed by atoms with Crippen LogP contribution in [0.3, 0.4) is 0 Å². The molecule has 3 amide bonds. The smallest absolute Gasteiger partial charge is 0.410 e. The first kappa shape index (κ1) is 30.0. The molecular formula is C30H41N3O6. The maximum Gasteiger partial charge on any atom is 0.410 e. The van der Waals surface area contributed by atoms with E-state index >= 15 is 0 Å². The minimum atomic E-state index is -0.835. The van der Waals surface area contributed by atoms with Crippen LogP contribution in [0, 0.1) is 24.2 Å². The Balaban J connectivity index is 1.51. The number of hydrogen-bond donors (Lipinski definition) is 1. The van der Waals surface area contributed by atoms with Crippen molar-refractivity contribution in [1.82, 2.24) is 15.1 Å². The molecule has 1 aromatic rings. The molecule has 3 rings (SSSR count). The first-order valence-corrected chi connectivity index (χ1v) is 13.8. The molecule has 0 unspecified atom stereocenters. The molecule has 0 saturated carbocycles. The van der Waals surface area contributed by atoms with Crippen molar-refractivity contribution in [1.29, 1.82) is 0 Å². The van der Waals surface area contributed by atoms with Crippen molar-refractivity contribution < 1.29 is 28.7 Å². The molecule has 9 nitrogen and oxygen atoms in total. The number of benzene rings is 1. The Hall–Kier alpha value is -3.54. The lowest BCUT2D eigenvalue weighted by Crippen LogP contribution is -2.46. The van der Waals surface area contributed by atoms with Gasteiger partial charge in [-0.2, -0.15) is 0 Å². The number of piperidine rings is 2. The predicted octanol–water partition coefficient (Wildman–Crippen LogP) is 3.58. The minimum absolute atomic E-state index is 0.0107. The van der Waals surface area contributed by atoms with Gasteiger partial charge in [-0.15, -0.1) is 6.42 Å². The van der Waals surface area contributed by atoms with Gasteiger partial charge in [0.05, 0.1) is 12.5 Å². The van der Waals surface area contributed by atoms with Gasteiger partial charge in [-0.3, -0.25) is 14.4 Å². The first-order valence-electron chi connectivity index (χ1n) is 13.8. The van der Waals surface area contributed by atoms with Gasteiger partial charge in [0.2, 0.25) is 5.91 Å². The Morgan fingerprint density at radius 2 is 1.72 bits per heavy atom. The largest absolute Gasteiger partial charge is 0.465 e. The van der Waals surface area contributed by atoms with E-state index in [9.17, 15) is 19.2 Å². The summed E-state index contributed by atoms with van der Waals surface area (Å²) in [4.78, 5) is 53.7. The molecule has 212 valence electrons. The molecule has 9 heteroatoms. The summed E-state index contributed by atoms with van der Waals surface area (Å²) >= 11 is 0. The summed E-state index contributed by atoms with van der Waals surface area (Å²) in [5, 5.41) is 2.75. The van der Waals surface area contributed by atoms with Crippen LogP contribution in [0.5, 0.6) is 0 Å². The number of nitrogens with zero attached hydrogens (tertiary/aromatic N) is 2. The van der Waals surface area contributed by atoms with Gasteiger partial charge in [-0.25, -0.2) is 4.79 Å². The van der Waals surface area contributed by atoms with E-state index in [0.29, 0.717) is 50.5 Å². The van der Waals surface area contributed by atoms with Crippen LogP contribution < -0.4 is 5.32 Å². The number of nitrogens with one attached hydrogen (secondary N) is 1. The predicted molar refractivity (Wildman–Crippen MR) is 147 cm³/mol. The SMILES string of the molecule is C#C[C@@H](CNC(=O)[C@@H]1CCCN(C(=O)c2ccc(C3CCN(C(=O)OC(C)(C)C)CC3)cc2)C1)C(=O)OCC. The zero-order valence-electron chi connectivity index (χ0n) is 23.5. The van der Waals surface area contributed by atoms with Gasteiger partial charge >= 0.3 is 12.1 Å². The van der Waals surface area contributed by atoms with Crippen LogP contribution in [0.2, 0.25) is 0 Å². The lowest BCUT2D eigenvalue weighted by Gasteiger charge is -2.34. The Morgan fingerprint density at radius 3 is 2.31 bits per heavy atom. The zero-order chi connectivity index (χ0) is 28.6. The Labute approximate surface area is 231 Å². The molecule has 2 aliphatic heterocycles. The normalized spacial score (nSPS) is 19.0. The van der Waals surface area contributed by atoms with Gasteiger partial charge in [0.15, 0.2) is 0 Å². The lowest BCUT2D eigenvalue weighted by molar-refractivity contribution is -0.145. The number of likely N-dealkylation sites (tertiary alicyclic amines) is 2. The molecular weight excluding hydrogens is 498 g/mol. The maximum atomic E-state index is 13.2. The van der Waals surface area contributed by atoms with Crippen LogP contribution in [0.15, 0.2) is 24.3 Å². The van der Waals surface area contributed by atoms with Crippen LogP contribution in [0.25, 0.3) is 0 Å². The molecule has 0 spiro atoms. The molecule has 2 aliphatic rings. The van der Waals surface area contributed by atoms with E-state index in [1.807, 2.05) is 45.0 Å². The fourth-order valence-corrected chi connectivity index (χ4v) is 4.98. The molecule has 2 atom stereocenters. The number of esters is 1. The van der Waals surface area contributed by atoms with Gasteiger partial charge in [-0.05, 0) is 77.0 Å². The lowest BCUT2D eigenvalue weighted by atomic mass is 9.89. The molecule has 1 aromatic carbocycles. The quantitative estimate of drug-likeness (QED) is 0.420. The van der Waals surface area contributed by atoms with Gasteiger partial charge in [0.1, 0.15) is 11.5 Å². The molecule has 2 fully saturated rings. The number of ether oxygens (including phenoxy) is 2. The summed E-state index contributed by atoms with van der Waals surface area (Å²) in [7, 11) is 0. The van der Waals surface area contributed by atoms with Crippen LogP contribution in [-0.2, 0) is 19.1 Å². The number of amides is 3. The fraction of sp³-hybridized carbons (Fsp3) is 0.600. The number of rotatable bonds is 7. The van der Waals surface area contributed by atoms with Crippen molar-refractivity contribution >= 4 is 23.9 Å². The van der Waals surface area contributed by atoms with E-state index in [4.69, 9.17) is 15.9 Å². The van der Waals surface area contributed by atoms with Crippen molar-refractivity contribution in [3.8, 4) is 12.3 Å². The zero-order valence-corrected chi connectivity index (χ0v) is 23.5. The number of carbonyl (C=O) groups excluding carboxylic acids is 4. The summed E-state index contributed by atoms with van der Waals surface area (Å²) in [6.07, 6.45) is 8.20. The first-order chi connectivity index (χ1) is 18.5. The van der Waals surface area contributed by atoms with E-state index in [0.717, 1.165) is 18.4 Å². The summed E-state index contributed by atoms with van der Waals surface area (Å²) in [5.41, 5.74) is 1.22. The highest BCUT2D eigenvalue weighted by Gasteiger charge is 2.31. The van der Waals surface area contributed by atoms with Crippen molar-refractivity contribution in [3.63, 3.8) is 0 Å². The molecule has 0 radical (unpaired) electrons. The Bertz CT molecular complexity index is 1060. The summed E-state index contributed by atoms with van der Waals surface area (Å²) in [5.74, 6) is 0.627. The van der Waals surface area contributed by atoms with Crippen molar-refractivity contribution in [3.05, 3.63) is 35.4 Å². The van der Waals surface area contributed by atoms with Crippen LogP contribution in [-0.4, -0.2) is 78.6 Å². The van der Waals surface area contributed by atoms with Crippen molar-refractivity contribution in [2.75, 3.05) is 39.3 Å². The van der Waals surface area contributed by atoms with Gasteiger partial charge in [0.25, 0.3) is 5.91 Å². The van der Waals surface area contributed by atoms with Crippen molar-refractivity contribution in [2.24, 2.45) is 11.8 Å². The second kappa shape index (κ2) is 13.5. The Morgan fingerprint density at radius 1 is 1.05 bits per heavy atom. The average molecular weight is 540 g/mol. The van der Waals surface area contributed by atoms with Gasteiger partial charge in [0, 0.05) is 38.3 Å². The number of carbonyl (C=O) groups is 4. The second-order valence-electron chi connectivity index (χ2n) is 11.2. The molecule has 1 N–H and O–H groups in total. The van der Waals surface area contributed by atoms with Gasteiger partial charge in [-0.1, -0.05) is 18.1 Å². The van der Waals surface area contributed by atoms with Gasteiger partial charge < -0.3 is 24.6 Å². The molecule has 39 heavy (non-hydrogen) atoms. The van der Waals surface area contributed by atoms with E-state index < -0.39 is 17.5 Å². The van der Waals surface area contributed by atoms with E-state index in [-0.39, 0.29) is 37.0 Å². The summed E-state index contributed by atoms with van der Waals surface area (Å²) in [6.45, 7) is 9.70. The third kappa shape index (κ3) is 8.47. The molecule has 0 bridgehead atoms. The topological polar surface area (TPSA) is 105 Å².